The van der Waals surface area contributed by atoms with Crippen molar-refractivity contribution in [2.75, 3.05) is 14.2 Å². The normalized spacial score (nSPS) is 11.0. The van der Waals surface area contributed by atoms with Crippen molar-refractivity contribution in [1.82, 2.24) is 20.4 Å². The Balaban J connectivity index is 0.00000320. The number of aromatic nitrogens is 2. The van der Waals surface area contributed by atoms with E-state index in [1.165, 1.54) is 0 Å². The lowest BCUT2D eigenvalue weighted by atomic mass is 10.1. The van der Waals surface area contributed by atoms with Crippen LogP contribution < -0.4 is 15.4 Å². The van der Waals surface area contributed by atoms with Crippen LogP contribution in [0.5, 0.6) is 5.75 Å². The predicted molar refractivity (Wildman–Crippen MR) is 133 cm³/mol. The van der Waals surface area contributed by atoms with Gasteiger partial charge in [-0.25, -0.2) is 4.68 Å². The number of methoxy groups -OCH3 is 1. The first-order valence-electron chi connectivity index (χ1n) is 9.71. The molecule has 30 heavy (non-hydrogen) atoms. The predicted octanol–water partition coefficient (Wildman–Crippen LogP) is 4.29. The van der Waals surface area contributed by atoms with Gasteiger partial charge in [-0.3, -0.25) is 4.99 Å². The molecule has 0 saturated carbocycles. The summed E-state index contributed by atoms with van der Waals surface area (Å²) in [6.45, 7) is 7.42. The minimum atomic E-state index is 0. The largest absolute Gasteiger partial charge is 0.496 e. The molecule has 0 spiro atoms. The fraction of sp³-hybridized carbons (Fsp3) is 0.304. The van der Waals surface area contributed by atoms with Crippen molar-refractivity contribution in [3.8, 4) is 11.4 Å². The lowest BCUT2D eigenvalue weighted by Crippen LogP contribution is -2.36. The molecule has 3 aromatic rings. The van der Waals surface area contributed by atoms with Gasteiger partial charge in [0.25, 0.3) is 0 Å². The highest BCUT2D eigenvalue weighted by Gasteiger charge is 2.09. The molecular weight excluding hydrogens is 489 g/mol. The Morgan fingerprint density at radius 2 is 1.77 bits per heavy atom. The van der Waals surface area contributed by atoms with E-state index in [4.69, 9.17) is 4.74 Å². The van der Waals surface area contributed by atoms with Crippen molar-refractivity contribution in [2.24, 2.45) is 4.99 Å². The molecule has 2 aromatic carbocycles. The van der Waals surface area contributed by atoms with Gasteiger partial charge in [0.15, 0.2) is 5.96 Å². The van der Waals surface area contributed by atoms with Crippen LogP contribution in [-0.4, -0.2) is 29.9 Å². The van der Waals surface area contributed by atoms with Gasteiger partial charge in [0, 0.05) is 25.8 Å². The summed E-state index contributed by atoms with van der Waals surface area (Å²) in [5.74, 6) is 1.64. The second-order valence-electron chi connectivity index (χ2n) is 7.05. The molecule has 0 radical (unpaired) electrons. The number of aliphatic imine (C=N–C) groups is 1. The second kappa shape index (κ2) is 11.0. The average molecular weight is 519 g/mol. The van der Waals surface area contributed by atoms with Gasteiger partial charge < -0.3 is 15.4 Å². The van der Waals surface area contributed by atoms with Gasteiger partial charge >= 0.3 is 0 Å². The highest BCUT2D eigenvalue weighted by molar-refractivity contribution is 14.0. The topological polar surface area (TPSA) is 63.5 Å². The quantitative estimate of drug-likeness (QED) is 0.290. The number of ether oxygens (including phenoxy) is 1. The van der Waals surface area contributed by atoms with Gasteiger partial charge in [-0.15, -0.1) is 24.0 Å². The highest BCUT2D eigenvalue weighted by atomic mass is 127. The van der Waals surface area contributed by atoms with Crippen molar-refractivity contribution in [3.05, 3.63) is 76.6 Å². The Bertz CT molecular complexity index is 1010. The molecule has 3 rings (SSSR count). The molecule has 1 aromatic heterocycles. The van der Waals surface area contributed by atoms with E-state index in [-0.39, 0.29) is 24.0 Å². The Labute approximate surface area is 195 Å². The van der Waals surface area contributed by atoms with Crippen LogP contribution in [0, 0.1) is 20.8 Å². The molecule has 0 aliphatic rings. The zero-order chi connectivity index (χ0) is 20.8. The average Bonchev–Trinajstić information content (AvgIpc) is 3.07. The van der Waals surface area contributed by atoms with Crippen LogP contribution in [0.4, 0.5) is 0 Å². The van der Waals surface area contributed by atoms with Crippen LogP contribution in [0.25, 0.3) is 5.69 Å². The number of benzene rings is 2. The molecule has 0 aliphatic carbocycles. The maximum atomic E-state index is 5.41. The summed E-state index contributed by atoms with van der Waals surface area (Å²) in [4.78, 5) is 4.34. The van der Waals surface area contributed by atoms with E-state index in [9.17, 15) is 0 Å². The molecule has 6 nitrogen and oxygen atoms in total. The minimum absolute atomic E-state index is 0. The Hall–Kier alpha value is -2.55. The maximum absolute atomic E-state index is 5.41. The van der Waals surface area contributed by atoms with E-state index < -0.39 is 0 Å². The molecule has 2 N–H and O–H groups in total. The molecule has 0 unspecified atom stereocenters. The lowest BCUT2D eigenvalue weighted by Gasteiger charge is -2.15. The zero-order valence-corrected chi connectivity index (χ0v) is 20.5. The third kappa shape index (κ3) is 5.75. The molecule has 0 saturated heterocycles. The molecule has 0 atom stereocenters. The SMILES string of the molecule is CN=C(NCc1ccc(C)c(OC)c1)NCc1ccccc1-n1nc(C)cc1C.I. The summed E-state index contributed by atoms with van der Waals surface area (Å²) in [5, 5.41) is 11.4. The van der Waals surface area contributed by atoms with Gasteiger partial charge in [0.1, 0.15) is 5.75 Å². The van der Waals surface area contributed by atoms with Crippen molar-refractivity contribution >= 4 is 29.9 Å². The summed E-state index contributed by atoms with van der Waals surface area (Å²) in [7, 11) is 3.47. The first-order chi connectivity index (χ1) is 14.0. The summed E-state index contributed by atoms with van der Waals surface area (Å²) in [6.07, 6.45) is 0. The number of hydrogen-bond acceptors (Lipinski definition) is 3. The van der Waals surface area contributed by atoms with Gasteiger partial charge in [0.2, 0.25) is 0 Å². The fourth-order valence-corrected chi connectivity index (χ4v) is 3.30. The van der Waals surface area contributed by atoms with Gasteiger partial charge in [-0.05, 0) is 55.7 Å². The number of guanidine groups is 1. The molecule has 1 heterocycles. The maximum Gasteiger partial charge on any atom is 0.191 e. The number of aryl methyl sites for hydroxylation is 3. The second-order valence-corrected chi connectivity index (χ2v) is 7.05. The Morgan fingerprint density at radius 1 is 1.03 bits per heavy atom. The van der Waals surface area contributed by atoms with Crippen molar-refractivity contribution in [1.29, 1.82) is 0 Å². The summed E-state index contributed by atoms with van der Waals surface area (Å²) in [6, 6.07) is 16.6. The molecule has 7 heteroatoms. The number of nitrogens with zero attached hydrogens (tertiary/aromatic N) is 3. The smallest absolute Gasteiger partial charge is 0.191 e. The first-order valence-corrected chi connectivity index (χ1v) is 9.71. The standard InChI is InChI=1S/C23H29N5O.HI/c1-16-10-11-19(13-22(16)29-5)14-25-23(24-4)26-15-20-8-6-7-9-21(20)28-18(3)12-17(2)27-28;/h6-13H,14-15H2,1-5H3,(H2,24,25,26);1H. The van der Waals surface area contributed by atoms with Crippen molar-refractivity contribution < 1.29 is 4.74 Å². The molecular formula is C23H30IN5O. The molecule has 0 aliphatic heterocycles. The Kier molecular flexibility index (Phi) is 8.71. The fourth-order valence-electron chi connectivity index (χ4n) is 3.30. The van der Waals surface area contributed by atoms with E-state index in [0.717, 1.165) is 45.5 Å². The third-order valence-corrected chi connectivity index (χ3v) is 4.83. The van der Waals surface area contributed by atoms with Crippen LogP contribution in [0.3, 0.4) is 0 Å². The van der Waals surface area contributed by atoms with Crippen molar-refractivity contribution in [2.45, 2.75) is 33.9 Å². The minimum Gasteiger partial charge on any atom is -0.496 e. The zero-order valence-electron chi connectivity index (χ0n) is 18.2. The number of rotatable bonds is 6. The van der Waals surface area contributed by atoms with Gasteiger partial charge in [0.05, 0.1) is 18.5 Å². The number of para-hydroxylation sites is 1. The molecule has 160 valence electrons. The summed E-state index contributed by atoms with van der Waals surface area (Å²) >= 11 is 0. The van der Waals surface area contributed by atoms with Crippen LogP contribution in [0.2, 0.25) is 0 Å². The van der Waals surface area contributed by atoms with Crippen LogP contribution in [-0.2, 0) is 13.1 Å². The van der Waals surface area contributed by atoms with E-state index in [0.29, 0.717) is 13.1 Å². The van der Waals surface area contributed by atoms with Crippen LogP contribution in [0.1, 0.15) is 28.1 Å². The van der Waals surface area contributed by atoms with Gasteiger partial charge in [-0.2, -0.15) is 5.10 Å². The third-order valence-electron chi connectivity index (χ3n) is 4.83. The Morgan fingerprint density at radius 3 is 2.43 bits per heavy atom. The lowest BCUT2D eigenvalue weighted by molar-refractivity contribution is 0.411. The van der Waals surface area contributed by atoms with E-state index in [1.807, 2.05) is 36.7 Å². The van der Waals surface area contributed by atoms with Crippen LogP contribution in [0.15, 0.2) is 53.5 Å². The first kappa shape index (κ1) is 23.7. The molecule has 0 fully saturated rings. The number of nitrogens with one attached hydrogen (secondary N) is 2. The monoisotopic (exact) mass is 519 g/mol. The molecule has 0 amide bonds. The number of hydrogen-bond donors (Lipinski definition) is 2. The van der Waals surface area contributed by atoms with Gasteiger partial charge in [-0.1, -0.05) is 30.3 Å². The number of halogens is 1. The summed E-state index contributed by atoms with van der Waals surface area (Å²) < 4.78 is 7.40. The van der Waals surface area contributed by atoms with E-state index in [1.54, 1.807) is 14.2 Å². The van der Waals surface area contributed by atoms with Crippen molar-refractivity contribution in [3.63, 3.8) is 0 Å². The van der Waals surface area contributed by atoms with E-state index >= 15 is 0 Å². The summed E-state index contributed by atoms with van der Waals surface area (Å²) in [5.41, 5.74) is 6.61. The highest BCUT2D eigenvalue weighted by Crippen LogP contribution is 2.19. The van der Waals surface area contributed by atoms with Crippen LogP contribution >= 0.6 is 24.0 Å². The molecule has 0 bridgehead atoms. The van der Waals surface area contributed by atoms with E-state index in [2.05, 4.69) is 58.0 Å².